The summed E-state index contributed by atoms with van der Waals surface area (Å²) in [6.45, 7) is 11.2. The fraction of sp³-hybridized carbons (Fsp3) is 0.410. The van der Waals surface area contributed by atoms with E-state index in [1.807, 2.05) is 30.3 Å². The van der Waals surface area contributed by atoms with E-state index in [1.165, 1.54) is 0 Å². The molecule has 0 aliphatic carbocycles. The number of aliphatic carboxylic acids is 1. The van der Waals surface area contributed by atoms with Gasteiger partial charge in [-0.05, 0) is 78.6 Å². The summed E-state index contributed by atoms with van der Waals surface area (Å²) in [7, 11) is 0. The Kier molecular flexibility index (Phi) is 12.6. The number of ether oxygens (including phenoxy) is 2. The number of carbonyl (C=O) groups excluding carboxylic acids is 3. The predicted molar refractivity (Wildman–Crippen MR) is 193 cm³/mol. The van der Waals surface area contributed by atoms with Crippen LogP contribution in [0.5, 0.6) is 0 Å². The summed E-state index contributed by atoms with van der Waals surface area (Å²) in [4.78, 5) is 60.0. The number of hydrogen-bond donors (Lipinski definition) is 2. The zero-order valence-corrected chi connectivity index (χ0v) is 30.2. The van der Waals surface area contributed by atoms with Crippen molar-refractivity contribution in [3.63, 3.8) is 0 Å². The number of nitrogens with zero attached hydrogens (tertiary/aromatic N) is 2. The van der Waals surface area contributed by atoms with Crippen molar-refractivity contribution in [2.75, 3.05) is 11.9 Å². The monoisotopic (exact) mass is 703 g/mol. The molecular formula is C39H46ClN3O7. The Labute approximate surface area is 298 Å². The number of anilines is 1. The van der Waals surface area contributed by atoms with E-state index >= 15 is 0 Å². The van der Waals surface area contributed by atoms with Crippen LogP contribution in [0.4, 0.5) is 5.69 Å². The molecule has 1 heterocycles. The largest absolute Gasteiger partial charge is 0.480 e. The molecule has 11 heteroatoms. The molecule has 2 N–H and O–H groups in total. The number of hydrogen-bond acceptors (Lipinski definition) is 8. The minimum absolute atomic E-state index is 0.209. The van der Waals surface area contributed by atoms with Gasteiger partial charge >= 0.3 is 17.9 Å². The van der Waals surface area contributed by atoms with Crippen LogP contribution >= 0.6 is 11.6 Å². The number of nitrogens with one attached hydrogen (secondary N) is 1. The summed E-state index contributed by atoms with van der Waals surface area (Å²) in [6.07, 6.45) is 0.997. The van der Waals surface area contributed by atoms with Crippen molar-refractivity contribution >= 4 is 46.8 Å². The van der Waals surface area contributed by atoms with E-state index in [0.29, 0.717) is 34.8 Å². The number of amides is 1. The van der Waals surface area contributed by atoms with Crippen molar-refractivity contribution in [2.24, 2.45) is 10.9 Å². The van der Waals surface area contributed by atoms with Gasteiger partial charge in [0.15, 0.2) is 5.92 Å². The first-order valence-corrected chi connectivity index (χ1v) is 17.1. The summed E-state index contributed by atoms with van der Waals surface area (Å²) in [5, 5.41) is 14.1. The van der Waals surface area contributed by atoms with Crippen molar-refractivity contribution in [3.05, 3.63) is 101 Å². The van der Waals surface area contributed by atoms with Crippen LogP contribution in [0.25, 0.3) is 0 Å². The van der Waals surface area contributed by atoms with E-state index in [9.17, 15) is 24.3 Å². The second-order valence-corrected chi connectivity index (χ2v) is 14.7. The highest BCUT2D eigenvalue weighted by molar-refractivity contribution is 6.31. The van der Waals surface area contributed by atoms with Crippen LogP contribution in [0.3, 0.4) is 0 Å². The standard InChI is InChI=1S/C39H46ClN3O7/c1-38(2,3)49-36(47)28(37(48)50-39(4,5)6)23-31(35(45)46)41-33(25-15-8-7-9-16-25)27-18-11-13-20-30(27)42-34(44)32-21-14-22-43(32)24-26-17-10-12-19-29(26)40/h7-13,15-20,28,31-32H,14,21-24H2,1-6H3,(H,42,44)(H,45,46)/t31-,32-/m0/s1. The van der Waals surface area contributed by atoms with E-state index in [-0.39, 0.29) is 11.6 Å². The maximum absolute atomic E-state index is 13.8. The Morgan fingerprint density at radius 3 is 2.06 bits per heavy atom. The number of carboxylic acid groups (broad SMARTS) is 1. The molecule has 266 valence electrons. The quantitative estimate of drug-likeness (QED) is 0.118. The predicted octanol–water partition coefficient (Wildman–Crippen LogP) is 6.92. The molecule has 1 aliphatic heterocycles. The second-order valence-electron chi connectivity index (χ2n) is 14.3. The van der Waals surface area contributed by atoms with E-state index < -0.39 is 53.5 Å². The maximum atomic E-state index is 13.8. The maximum Gasteiger partial charge on any atom is 0.328 e. The molecule has 0 spiro atoms. The highest BCUT2D eigenvalue weighted by Gasteiger charge is 2.39. The molecule has 50 heavy (non-hydrogen) atoms. The third kappa shape index (κ3) is 10.7. The number of aliphatic imine (C=N–C) groups is 1. The first-order chi connectivity index (χ1) is 23.5. The summed E-state index contributed by atoms with van der Waals surface area (Å²) >= 11 is 6.43. The number of carboxylic acids is 1. The van der Waals surface area contributed by atoms with Crippen LogP contribution in [-0.4, -0.2) is 69.4 Å². The lowest BCUT2D eigenvalue weighted by atomic mass is 9.96. The summed E-state index contributed by atoms with van der Waals surface area (Å²) in [5.41, 5.74) is 0.809. The smallest absolute Gasteiger partial charge is 0.328 e. The summed E-state index contributed by atoms with van der Waals surface area (Å²) in [6, 6.07) is 21.6. The summed E-state index contributed by atoms with van der Waals surface area (Å²) < 4.78 is 11.0. The van der Waals surface area contributed by atoms with Gasteiger partial charge in [0.25, 0.3) is 0 Å². The minimum atomic E-state index is -1.56. The molecular weight excluding hydrogens is 658 g/mol. The van der Waals surface area contributed by atoms with Gasteiger partial charge in [0, 0.05) is 29.1 Å². The van der Waals surface area contributed by atoms with Crippen molar-refractivity contribution in [1.82, 2.24) is 4.90 Å². The number of likely N-dealkylation sites (tertiary alicyclic amines) is 1. The topological polar surface area (TPSA) is 135 Å². The molecule has 0 aromatic heterocycles. The lowest BCUT2D eigenvalue weighted by molar-refractivity contribution is -0.175. The Morgan fingerprint density at radius 1 is 0.880 bits per heavy atom. The van der Waals surface area contributed by atoms with Crippen LogP contribution in [0, 0.1) is 5.92 Å². The van der Waals surface area contributed by atoms with Crippen LogP contribution < -0.4 is 5.32 Å². The average Bonchev–Trinajstić information content (AvgIpc) is 3.49. The van der Waals surface area contributed by atoms with Crippen LogP contribution in [0.15, 0.2) is 83.9 Å². The highest BCUT2D eigenvalue weighted by Crippen LogP contribution is 2.28. The Hall–Kier alpha value is -4.54. The number of carbonyl (C=O) groups is 4. The van der Waals surface area contributed by atoms with Crippen molar-refractivity contribution < 1.29 is 33.8 Å². The number of benzene rings is 3. The molecule has 0 radical (unpaired) electrons. The van der Waals surface area contributed by atoms with E-state index in [0.717, 1.165) is 18.5 Å². The molecule has 4 rings (SSSR count). The number of rotatable bonds is 12. The third-order valence-electron chi connectivity index (χ3n) is 7.90. The first-order valence-electron chi connectivity index (χ1n) is 16.7. The molecule has 3 aromatic carbocycles. The van der Waals surface area contributed by atoms with Crippen LogP contribution in [0.1, 0.15) is 77.5 Å². The zero-order chi connectivity index (χ0) is 36.6. The fourth-order valence-corrected chi connectivity index (χ4v) is 5.89. The average molecular weight is 704 g/mol. The van der Waals surface area contributed by atoms with Gasteiger partial charge in [0.2, 0.25) is 5.91 Å². The van der Waals surface area contributed by atoms with Crippen LogP contribution in [-0.2, 0) is 35.2 Å². The minimum Gasteiger partial charge on any atom is -0.480 e. The fourth-order valence-electron chi connectivity index (χ4n) is 5.69. The van der Waals surface area contributed by atoms with Crippen molar-refractivity contribution in [3.8, 4) is 0 Å². The van der Waals surface area contributed by atoms with E-state index in [2.05, 4.69) is 15.2 Å². The Balaban J connectivity index is 1.71. The summed E-state index contributed by atoms with van der Waals surface area (Å²) in [5.74, 6) is -4.92. The normalized spacial score (nSPS) is 16.2. The van der Waals surface area contributed by atoms with E-state index in [4.69, 9.17) is 21.1 Å². The first kappa shape index (κ1) is 38.3. The lowest BCUT2D eigenvalue weighted by Crippen LogP contribution is -2.40. The molecule has 0 saturated carbocycles. The number of halogens is 1. The van der Waals surface area contributed by atoms with Gasteiger partial charge < -0.3 is 19.9 Å². The molecule has 0 bridgehead atoms. The van der Waals surface area contributed by atoms with Crippen molar-refractivity contribution in [2.45, 2.75) is 90.6 Å². The second kappa shape index (κ2) is 16.4. The molecule has 2 atom stereocenters. The van der Waals surface area contributed by atoms with Crippen molar-refractivity contribution in [1.29, 1.82) is 0 Å². The highest BCUT2D eigenvalue weighted by atomic mass is 35.5. The third-order valence-corrected chi connectivity index (χ3v) is 8.27. The van der Waals surface area contributed by atoms with Gasteiger partial charge in [-0.3, -0.25) is 24.3 Å². The van der Waals surface area contributed by atoms with Gasteiger partial charge in [0.05, 0.1) is 17.4 Å². The molecule has 10 nitrogen and oxygen atoms in total. The lowest BCUT2D eigenvalue weighted by Gasteiger charge is -2.27. The van der Waals surface area contributed by atoms with E-state index in [1.54, 1.807) is 90.1 Å². The zero-order valence-electron chi connectivity index (χ0n) is 29.4. The molecule has 1 saturated heterocycles. The molecule has 1 fully saturated rings. The molecule has 1 aliphatic rings. The Bertz CT molecular complexity index is 1680. The van der Waals surface area contributed by atoms with Gasteiger partial charge in [0.1, 0.15) is 17.2 Å². The van der Waals surface area contributed by atoms with Gasteiger partial charge in [-0.2, -0.15) is 0 Å². The van der Waals surface area contributed by atoms with Gasteiger partial charge in [-0.15, -0.1) is 0 Å². The molecule has 3 aromatic rings. The van der Waals surface area contributed by atoms with Crippen LogP contribution in [0.2, 0.25) is 5.02 Å². The number of para-hydroxylation sites is 1. The van der Waals surface area contributed by atoms with Gasteiger partial charge in [-0.1, -0.05) is 78.3 Å². The molecule has 1 amide bonds. The Morgan fingerprint density at radius 2 is 1.46 bits per heavy atom. The molecule has 0 unspecified atom stereocenters. The van der Waals surface area contributed by atoms with Gasteiger partial charge in [-0.25, -0.2) is 4.79 Å². The number of esters is 2. The SMILES string of the molecule is CC(C)(C)OC(=O)C(C[C@H](N=C(c1ccccc1)c1ccccc1NC(=O)[C@@H]1CCCN1Cc1ccccc1Cl)C(=O)O)C(=O)OC(C)(C)C.